The number of aliphatic hydroxyl groups is 1. The van der Waals surface area contributed by atoms with Crippen LogP contribution >= 0.6 is 12.2 Å². The number of halogens is 2. The molecule has 1 aromatic rings. The average Bonchev–Trinajstić information content (AvgIpc) is 2.73. The van der Waals surface area contributed by atoms with E-state index in [0.717, 1.165) is 12.1 Å². The van der Waals surface area contributed by atoms with Crippen LogP contribution in [-0.2, 0) is 4.79 Å². The molecule has 7 nitrogen and oxygen atoms in total. The van der Waals surface area contributed by atoms with Crippen molar-refractivity contribution in [2.45, 2.75) is 25.2 Å². The van der Waals surface area contributed by atoms with Crippen molar-refractivity contribution in [3.05, 3.63) is 52.9 Å². The maximum absolute atomic E-state index is 14.8. The third kappa shape index (κ3) is 4.64. The highest BCUT2D eigenvalue weighted by Crippen LogP contribution is 2.37. The zero-order chi connectivity index (χ0) is 23.3. The van der Waals surface area contributed by atoms with Crippen molar-refractivity contribution in [3.63, 3.8) is 0 Å². The molecule has 1 aliphatic heterocycles. The fourth-order valence-electron chi connectivity index (χ4n) is 3.27. The standard InChI is InChI=1S/C21H23F2N5O2S/c1-21(15(10-25)11-26-2)8-18(29)28(20(30)27(21)3)19-16(22)6-13(7-17(19)23)4-5-14(9-24)12-31/h6-7,9-12,20,30H,8,24-25H2,1-3H3/p+1/t20?,21-/m0/s1. The van der Waals surface area contributed by atoms with E-state index in [1.165, 1.54) is 29.7 Å². The molecule has 0 saturated carbocycles. The highest BCUT2D eigenvalue weighted by atomic mass is 32.1. The normalized spacial score (nSPS) is 23.1. The summed E-state index contributed by atoms with van der Waals surface area (Å²) in [6, 6.07) is 1.94. The number of amides is 1. The number of rotatable bonds is 4. The summed E-state index contributed by atoms with van der Waals surface area (Å²) >= 11 is 4.73. The Labute approximate surface area is 184 Å². The van der Waals surface area contributed by atoms with Crippen molar-refractivity contribution < 1.29 is 23.7 Å². The Morgan fingerprint density at radius 1 is 1.35 bits per heavy atom. The van der Waals surface area contributed by atoms with Crippen LogP contribution in [0.1, 0.15) is 18.9 Å². The summed E-state index contributed by atoms with van der Waals surface area (Å²) in [6.07, 6.45) is 2.24. The minimum absolute atomic E-state index is 0.0177. The molecule has 0 aliphatic carbocycles. The molecule has 1 amide bonds. The minimum atomic E-state index is -1.64. The van der Waals surface area contributed by atoms with Gasteiger partial charge in [0.2, 0.25) is 5.91 Å². The van der Waals surface area contributed by atoms with Gasteiger partial charge in [0.1, 0.15) is 12.7 Å². The van der Waals surface area contributed by atoms with Crippen LogP contribution in [0.15, 0.2) is 35.7 Å². The van der Waals surface area contributed by atoms with Crippen molar-refractivity contribution in [3.8, 4) is 11.8 Å². The van der Waals surface area contributed by atoms with Gasteiger partial charge in [-0.15, -0.1) is 0 Å². The zero-order valence-electron chi connectivity index (χ0n) is 17.3. The van der Waals surface area contributed by atoms with Gasteiger partial charge in [-0.1, -0.05) is 24.1 Å². The van der Waals surface area contributed by atoms with Crippen LogP contribution in [0.2, 0.25) is 0 Å². The monoisotopic (exact) mass is 448 g/mol. The fraction of sp³-hybridized carbons (Fsp3) is 0.286. The topological polar surface area (TPSA) is 110 Å². The number of nitrogens with one attached hydrogen (secondary N) is 1. The van der Waals surface area contributed by atoms with Gasteiger partial charge < -0.3 is 16.6 Å². The number of carbonyl (C=O) groups excluding carboxylic acids is 1. The van der Waals surface area contributed by atoms with E-state index in [-0.39, 0.29) is 12.0 Å². The Kier molecular flexibility index (Phi) is 7.62. The summed E-state index contributed by atoms with van der Waals surface area (Å²) in [5.41, 5.74) is 10.2. The molecule has 0 aromatic heterocycles. The molecule has 0 bridgehead atoms. The first-order valence-electron chi connectivity index (χ1n) is 9.18. The first-order chi connectivity index (χ1) is 14.6. The van der Waals surface area contributed by atoms with Crippen molar-refractivity contribution in [2.75, 3.05) is 19.0 Å². The van der Waals surface area contributed by atoms with Gasteiger partial charge >= 0.3 is 0 Å². The van der Waals surface area contributed by atoms with Crippen LogP contribution in [0.25, 0.3) is 0 Å². The maximum atomic E-state index is 14.8. The summed E-state index contributed by atoms with van der Waals surface area (Å²) in [4.78, 5) is 17.8. The SMILES string of the molecule is C[NH+]=CC(=CN)[C@]1(C)CC(=O)N(c2c(F)cc(C#CC(C=S)=CN)cc2F)C(O)N1C. The predicted molar refractivity (Wildman–Crippen MR) is 119 cm³/mol. The number of anilines is 1. The third-order valence-electron chi connectivity index (χ3n) is 5.14. The van der Waals surface area contributed by atoms with Crippen LogP contribution in [0, 0.1) is 23.5 Å². The maximum Gasteiger partial charge on any atom is 0.232 e. The number of thiocarbonyl (C=S) groups is 1. The summed E-state index contributed by atoms with van der Waals surface area (Å²) in [5.74, 6) is 2.36. The van der Waals surface area contributed by atoms with Crippen LogP contribution in [0.4, 0.5) is 14.5 Å². The van der Waals surface area contributed by atoms with Gasteiger partial charge in [-0.25, -0.2) is 8.78 Å². The zero-order valence-corrected chi connectivity index (χ0v) is 18.1. The Morgan fingerprint density at radius 3 is 2.45 bits per heavy atom. The number of likely N-dealkylation sites (N-methyl/N-ethyl adjacent to an activating group) is 1. The summed E-state index contributed by atoms with van der Waals surface area (Å²) in [5, 5.41) is 12.0. The lowest BCUT2D eigenvalue weighted by Gasteiger charge is -2.49. The average molecular weight is 449 g/mol. The van der Waals surface area contributed by atoms with Gasteiger partial charge in [0.25, 0.3) is 0 Å². The van der Waals surface area contributed by atoms with Gasteiger partial charge in [-0.2, -0.15) is 0 Å². The number of nitrogens with zero attached hydrogens (tertiary/aromatic N) is 2. The molecule has 2 rings (SSSR count). The molecular formula is C21H24F2N5O2S+. The molecule has 1 saturated heterocycles. The molecule has 1 unspecified atom stereocenters. The molecule has 1 aromatic carbocycles. The third-order valence-corrected chi connectivity index (χ3v) is 5.39. The van der Waals surface area contributed by atoms with Crippen LogP contribution < -0.4 is 21.4 Å². The van der Waals surface area contributed by atoms with E-state index in [1.807, 2.05) is 0 Å². The number of carbonyl (C=O) groups is 1. The lowest BCUT2D eigenvalue weighted by atomic mass is 9.85. The molecule has 2 atom stereocenters. The van der Waals surface area contributed by atoms with E-state index >= 15 is 0 Å². The van der Waals surface area contributed by atoms with Crippen molar-refractivity contribution >= 4 is 35.4 Å². The first kappa shape index (κ1) is 24.1. The van der Waals surface area contributed by atoms with Crippen molar-refractivity contribution in [2.24, 2.45) is 11.5 Å². The van der Waals surface area contributed by atoms with E-state index in [9.17, 15) is 18.7 Å². The summed E-state index contributed by atoms with van der Waals surface area (Å²) in [7, 11) is 3.19. The molecule has 31 heavy (non-hydrogen) atoms. The highest BCUT2D eigenvalue weighted by molar-refractivity contribution is 7.79. The molecule has 0 radical (unpaired) electrons. The Hall–Kier alpha value is -3.13. The molecule has 1 aliphatic rings. The number of aliphatic hydroxyl groups excluding tert-OH is 1. The van der Waals surface area contributed by atoms with Crippen LogP contribution in [0.3, 0.4) is 0 Å². The van der Waals surface area contributed by atoms with Crippen LogP contribution in [-0.4, -0.2) is 53.5 Å². The lowest BCUT2D eigenvalue weighted by Crippen LogP contribution is -2.69. The van der Waals surface area contributed by atoms with Crippen molar-refractivity contribution in [1.29, 1.82) is 0 Å². The fourth-order valence-corrected chi connectivity index (χ4v) is 3.41. The number of allylic oxidation sites excluding steroid dienone is 1. The van der Waals surface area contributed by atoms with Gasteiger partial charge in [0.05, 0.1) is 23.1 Å². The quantitative estimate of drug-likeness (QED) is 0.214. The number of hydrogen-bond acceptors (Lipinski definition) is 6. The molecule has 164 valence electrons. The molecule has 1 fully saturated rings. The second-order valence-corrected chi connectivity index (χ2v) is 7.24. The van der Waals surface area contributed by atoms with Gasteiger partial charge in [0.15, 0.2) is 24.2 Å². The number of benzene rings is 1. The van der Waals surface area contributed by atoms with Gasteiger partial charge in [-0.05, 0) is 26.1 Å². The number of hydrogen-bond donors (Lipinski definition) is 4. The Morgan fingerprint density at radius 2 is 1.97 bits per heavy atom. The Balaban J connectivity index is 2.48. The molecule has 10 heteroatoms. The van der Waals surface area contributed by atoms with E-state index in [1.54, 1.807) is 20.2 Å². The largest absolute Gasteiger partial charge is 0.404 e. The molecular weight excluding hydrogens is 424 g/mol. The molecule has 6 N–H and O–H groups in total. The lowest BCUT2D eigenvalue weighted by molar-refractivity contribution is -0.414. The minimum Gasteiger partial charge on any atom is -0.404 e. The van der Waals surface area contributed by atoms with Gasteiger partial charge in [-0.3, -0.25) is 19.6 Å². The van der Waals surface area contributed by atoms with E-state index in [2.05, 4.69) is 16.8 Å². The highest BCUT2D eigenvalue weighted by Gasteiger charge is 2.49. The summed E-state index contributed by atoms with van der Waals surface area (Å²) < 4.78 is 29.7. The smallest absolute Gasteiger partial charge is 0.232 e. The molecule has 1 heterocycles. The van der Waals surface area contributed by atoms with Gasteiger partial charge in [0, 0.05) is 23.3 Å². The first-order valence-corrected chi connectivity index (χ1v) is 9.65. The van der Waals surface area contributed by atoms with E-state index < -0.39 is 35.1 Å². The second-order valence-electron chi connectivity index (χ2n) is 7.01. The Bertz CT molecular complexity index is 1020. The van der Waals surface area contributed by atoms with Crippen molar-refractivity contribution in [1.82, 2.24) is 4.90 Å². The second kappa shape index (κ2) is 9.78. The van der Waals surface area contributed by atoms with E-state index in [4.69, 9.17) is 23.7 Å². The summed E-state index contributed by atoms with van der Waals surface area (Å²) in [6.45, 7) is 1.70. The van der Waals surface area contributed by atoms with E-state index in [0.29, 0.717) is 16.0 Å². The predicted octanol–water partition coefficient (Wildman–Crippen LogP) is -0.514. The van der Waals surface area contributed by atoms with Crippen LogP contribution in [0.5, 0.6) is 0 Å². The number of nitrogens with two attached hydrogens (primary N) is 2. The molecule has 0 spiro atoms.